The van der Waals surface area contributed by atoms with Gasteiger partial charge in [0.2, 0.25) is 0 Å². The van der Waals surface area contributed by atoms with Crippen LogP contribution in [0.5, 0.6) is 11.5 Å². The summed E-state index contributed by atoms with van der Waals surface area (Å²) in [6.07, 6.45) is 9.74. The molecule has 0 aliphatic carbocycles. The fourth-order valence-electron chi connectivity index (χ4n) is 7.39. The van der Waals surface area contributed by atoms with Crippen LogP contribution in [0.15, 0.2) is 78.9 Å². The van der Waals surface area contributed by atoms with Gasteiger partial charge in [0.25, 0.3) is 0 Å². The van der Waals surface area contributed by atoms with E-state index < -0.39 is 11.2 Å². The lowest BCUT2D eigenvalue weighted by molar-refractivity contribution is -0.0447. The van der Waals surface area contributed by atoms with E-state index in [1.807, 2.05) is 54.6 Å². The Labute approximate surface area is 289 Å². The molecular formula is C41H60N2O5. The van der Waals surface area contributed by atoms with Gasteiger partial charge < -0.3 is 35.1 Å². The number of hydrogen-bond acceptors (Lipinski definition) is 7. The molecule has 48 heavy (non-hydrogen) atoms. The maximum Gasteiger partial charge on any atom is 0.133 e. The van der Waals surface area contributed by atoms with Gasteiger partial charge in [-0.15, -0.1) is 0 Å². The number of benzene rings is 3. The normalized spacial score (nSPS) is 20.5. The van der Waals surface area contributed by atoms with E-state index in [4.69, 9.17) is 14.2 Å². The molecule has 4 atom stereocenters. The van der Waals surface area contributed by atoms with Crippen LogP contribution in [-0.2, 0) is 20.7 Å². The van der Waals surface area contributed by atoms with Gasteiger partial charge in [0.15, 0.2) is 0 Å². The summed E-state index contributed by atoms with van der Waals surface area (Å²) >= 11 is 0. The molecule has 2 aliphatic rings. The smallest absolute Gasteiger partial charge is 0.133 e. The topological polar surface area (TPSA) is 92.2 Å². The molecule has 3 aromatic rings. The second kappa shape index (κ2) is 20.0. The molecule has 2 fully saturated rings. The van der Waals surface area contributed by atoms with Crippen molar-refractivity contribution in [3.05, 3.63) is 95.6 Å². The third-order valence-corrected chi connectivity index (χ3v) is 10.1. The van der Waals surface area contributed by atoms with Crippen LogP contribution in [0.4, 0.5) is 0 Å². The fourth-order valence-corrected chi connectivity index (χ4v) is 7.39. The standard InChI is InChI=1S/C23H31NO3.C18H29NO2/c1-26-17-8-7-15-23(25,19-10-9-16-24-18-19)21-13-5-6-14-22(21)27-20-11-3-2-4-12-20;1-15-7-5-8-16(13-15)18(20,10-3-4-12-21-2)17-9-6-11-19-14-17/h2-6,11-14,19,24-25H,7-10,15-18H2,1H3;5,7-8,13,17,19-20H,3-4,6,9-12,14H2,1-2H3. The zero-order valence-electron chi connectivity index (χ0n) is 29.6. The van der Waals surface area contributed by atoms with Crippen molar-refractivity contribution in [3.8, 4) is 11.5 Å². The first-order valence-electron chi connectivity index (χ1n) is 18.1. The summed E-state index contributed by atoms with van der Waals surface area (Å²) in [7, 11) is 3.46. The van der Waals surface area contributed by atoms with Gasteiger partial charge in [0.05, 0.1) is 11.2 Å². The maximum absolute atomic E-state index is 11.9. The number of methoxy groups -OCH3 is 2. The number of aliphatic hydroxyl groups is 2. The third-order valence-electron chi connectivity index (χ3n) is 10.1. The summed E-state index contributed by atoms with van der Waals surface area (Å²) in [4.78, 5) is 0. The summed E-state index contributed by atoms with van der Waals surface area (Å²) in [5.74, 6) is 2.00. The molecule has 0 saturated carbocycles. The van der Waals surface area contributed by atoms with E-state index in [2.05, 4.69) is 41.8 Å². The fraction of sp³-hybridized carbons (Fsp3) is 0.561. The molecule has 2 saturated heterocycles. The number of unbranched alkanes of at least 4 members (excludes halogenated alkanes) is 2. The van der Waals surface area contributed by atoms with Crippen LogP contribution in [0.2, 0.25) is 0 Å². The zero-order chi connectivity index (χ0) is 34.1. The molecule has 4 unspecified atom stereocenters. The van der Waals surface area contributed by atoms with Crippen LogP contribution < -0.4 is 15.4 Å². The molecule has 2 aliphatic heterocycles. The lowest BCUT2D eigenvalue weighted by Crippen LogP contribution is -2.44. The van der Waals surface area contributed by atoms with Crippen LogP contribution >= 0.6 is 0 Å². The molecule has 0 aromatic heterocycles. The van der Waals surface area contributed by atoms with E-state index in [9.17, 15) is 10.2 Å². The first-order valence-corrected chi connectivity index (χ1v) is 18.1. The number of ether oxygens (including phenoxy) is 3. The SMILES string of the molecule is COCCCCC(O)(c1cccc(C)c1)C1CCCNC1.COCCCCC(O)(c1ccccc1Oc1ccccc1)C1CCCNC1. The van der Waals surface area contributed by atoms with Crippen LogP contribution in [-0.4, -0.2) is 63.8 Å². The minimum Gasteiger partial charge on any atom is -0.457 e. The highest BCUT2D eigenvalue weighted by atomic mass is 16.5. The number of hydrogen-bond donors (Lipinski definition) is 4. The van der Waals surface area contributed by atoms with Gasteiger partial charge in [0, 0.05) is 57.9 Å². The van der Waals surface area contributed by atoms with Crippen LogP contribution in [0.3, 0.4) is 0 Å². The summed E-state index contributed by atoms with van der Waals surface area (Å²) < 4.78 is 16.5. The molecule has 0 amide bonds. The van der Waals surface area contributed by atoms with Crippen molar-refractivity contribution in [1.29, 1.82) is 0 Å². The quantitative estimate of drug-likeness (QED) is 0.118. The van der Waals surface area contributed by atoms with Gasteiger partial charge in [-0.05, 0) is 108 Å². The summed E-state index contributed by atoms with van der Waals surface area (Å²) in [6.45, 7) is 7.43. The first kappa shape index (κ1) is 38.0. The van der Waals surface area contributed by atoms with E-state index >= 15 is 0 Å². The van der Waals surface area contributed by atoms with Crippen molar-refractivity contribution in [2.75, 3.05) is 53.6 Å². The van der Waals surface area contributed by atoms with Crippen molar-refractivity contribution in [3.63, 3.8) is 0 Å². The van der Waals surface area contributed by atoms with Gasteiger partial charge in [-0.2, -0.15) is 0 Å². The molecule has 5 rings (SSSR count). The van der Waals surface area contributed by atoms with E-state index in [1.54, 1.807) is 14.2 Å². The van der Waals surface area contributed by atoms with Crippen molar-refractivity contribution in [2.24, 2.45) is 11.8 Å². The van der Waals surface area contributed by atoms with E-state index in [0.717, 1.165) is 120 Å². The summed E-state index contributed by atoms with van der Waals surface area (Å²) in [5.41, 5.74) is 1.56. The Morgan fingerprint density at radius 2 is 1.27 bits per heavy atom. The summed E-state index contributed by atoms with van der Waals surface area (Å²) in [5, 5.41) is 30.3. The Kier molecular flexibility index (Phi) is 15.9. The Morgan fingerprint density at radius 1 is 0.688 bits per heavy atom. The van der Waals surface area contributed by atoms with Crippen molar-refractivity contribution in [1.82, 2.24) is 10.6 Å². The minimum atomic E-state index is -0.910. The first-order chi connectivity index (χ1) is 23.4. The number of aryl methyl sites for hydroxylation is 1. The van der Waals surface area contributed by atoms with Gasteiger partial charge in [-0.3, -0.25) is 0 Å². The van der Waals surface area contributed by atoms with E-state index in [0.29, 0.717) is 12.3 Å². The van der Waals surface area contributed by atoms with Gasteiger partial charge in [-0.1, -0.05) is 66.2 Å². The molecule has 0 radical (unpaired) electrons. The van der Waals surface area contributed by atoms with Crippen LogP contribution in [0.1, 0.15) is 80.9 Å². The summed E-state index contributed by atoms with van der Waals surface area (Å²) in [6, 6.07) is 26.1. The second-order valence-corrected chi connectivity index (χ2v) is 13.6. The molecule has 264 valence electrons. The molecule has 0 bridgehead atoms. The Hall–Kier alpha value is -2.78. The van der Waals surface area contributed by atoms with Crippen molar-refractivity contribution < 1.29 is 24.4 Å². The Balaban J connectivity index is 0.000000224. The van der Waals surface area contributed by atoms with Crippen LogP contribution in [0, 0.1) is 18.8 Å². The highest BCUT2D eigenvalue weighted by molar-refractivity contribution is 5.42. The van der Waals surface area contributed by atoms with Gasteiger partial charge in [0.1, 0.15) is 11.5 Å². The molecule has 0 spiro atoms. The average Bonchev–Trinajstić information content (AvgIpc) is 3.13. The molecule has 3 aromatic carbocycles. The van der Waals surface area contributed by atoms with Gasteiger partial charge >= 0.3 is 0 Å². The predicted molar refractivity (Wildman–Crippen MR) is 195 cm³/mol. The Morgan fingerprint density at radius 3 is 1.85 bits per heavy atom. The van der Waals surface area contributed by atoms with Crippen LogP contribution in [0.25, 0.3) is 0 Å². The molecule has 2 heterocycles. The van der Waals surface area contributed by atoms with Gasteiger partial charge in [-0.25, -0.2) is 0 Å². The molecule has 4 N–H and O–H groups in total. The number of rotatable bonds is 16. The highest BCUT2D eigenvalue weighted by Crippen LogP contribution is 2.43. The predicted octanol–water partition coefficient (Wildman–Crippen LogP) is 7.48. The third kappa shape index (κ3) is 10.9. The largest absolute Gasteiger partial charge is 0.457 e. The molecule has 7 heteroatoms. The lowest BCUT2D eigenvalue weighted by atomic mass is 9.74. The lowest BCUT2D eigenvalue weighted by Gasteiger charge is -2.40. The molecule has 7 nitrogen and oxygen atoms in total. The molecular weight excluding hydrogens is 600 g/mol. The maximum atomic E-state index is 11.9. The van der Waals surface area contributed by atoms with Crippen molar-refractivity contribution in [2.45, 2.75) is 82.3 Å². The average molecular weight is 661 g/mol. The zero-order valence-corrected chi connectivity index (χ0v) is 29.6. The Bertz CT molecular complexity index is 1310. The minimum absolute atomic E-state index is 0.175. The van der Waals surface area contributed by atoms with Crippen molar-refractivity contribution >= 4 is 0 Å². The number of nitrogens with one attached hydrogen (secondary N) is 2. The van der Waals surface area contributed by atoms with E-state index in [1.165, 1.54) is 5.56 Å². The number of para-hydroxylation sites is 2. The van der Waals surface area contributed by atoms with E-state index in [-0.39, 0.29) is 5.92 Å². The highest BCUT2D eigenvalue weighted by Gasteiger charge is 2.41. The second-order valence-electron chi connectivity index (χ2n) is 13.6. The number of piperidine rings is 2. The monoisotopic (exact) mass is 660 g/mol.